The number of rotatable bonds is 4. The van der Waals surface area contributed by atoms with E-state index in [4.69, 9.17) is 28.9 Å². The molecule has 100 valence electrons. The summed E-state index contributed by atoms with van der Waals surface area (Å²) in [7, 11) is -3.72. The Morgan fingerprint density at radius 2 is 1.83 bits per heavy atom. The fourth-order valence-electron chi connectivity index (χ4n) is 1.86. The molecule has 1 aromatic carbocycles. The highest BCUT2D eigenvalue weighted by Gasteiger charge is 2.34. The van der Waals surface area contributed by atoms with Gasteiger partial charge in [0.2, 0.25) is 10.0 Å². The maximum absolute atomic E-state index is 12.1. The van der Waals surface area contributed by atoms with Crippen molar-refractivity contribution >= 4 is 33.2 Å². The van der Waals surface area contributed by atoms with Crippen LogP contribution in [-0.4, -0.2) is 20.5 Å². The second-order valence-corrected chi connectivity index (χ2v) is 7.11. The Kier molecular flexibility index (Phi) is 3.90. The third-order valence-corrected chi connectivity index (χ3v) is 5.51. The topological polar surface area (TPSA) is 72.2 Å². The van der Waals surface area contributed by atoms with Gasteiger partial charge in [-0.3, -0.25) is 0 Å². The van der Waals surface area contributed by atoms with E-state index in [0.717, 1.165) is 19.3 Å². The lowest BCUT2D eigenvalue weighted by Gasteiger charge is -2.38. The molecule has 1 saturated carbocycles. The van der Waals surface area contributed by atoms with Gasteiger partial charge in [-0.2, -0.15) is 0 Å². The van der Waals surface area contributed by atoms with E-state index in [-0.39, 0.29) is 21.5 Å². The second-order valence-electron chi connectivity index (χ2n) is 4.59. The molecule has 1 aliphatic carbocycles. The Morgan fingerprint density at radius 3 is 2.28 bits per heavy atom. The molecular formula is C11H14Cl2N2O2S. The summed E-state index contributed by atoms with van der Waals surface area (Å²) < 4.78 is 26.7. The van der Waals surface area contributed by atoms with Gasteiger partial charge in [-0.05, 0) is 31.4 Å². The quantitative estimate of drug-likeness (QED) is 0.895. The first kappa shape index (κ1) is 14.1. The standard InChI is InChI=1S/C11H14Cl2N2O2S/c12-8-3-1-4-9(13)10(8)18(16,17)15-7-11(14)5-2-6-11/h1,3-4,15H,2,5-7,14H2. The lowest BCUT2D eigenvalue weighted by Crippen LogP contribution is -2.54. The highest BCUT2D eigenvalue weighted by Crippen LogP contribution is 2.31. The van der Waals surface area contributed by atoms with Crippen LogP contribution < -0.4 is 10.5 Å². The third-order valence-electron chi connectivity index (χ3n) is 3.15. The van der Waals surface area contributed by atoms with Gasteiger partial charge < -0.3 is 5.73 Å². The van der Waals surface area contributed by atoms with Gasteiger partial charge >= 0.3 is 0 Å². The largest absolute Gasteiger partial charge is 0.324 e. The molecule has 0 bridgehead atoms. The van der Waals surface area contributed by atoms with Crippen LogP contribution in [0.4, 0.5) is 0 Å². The summed E-state index contributed by atoms with van der Waals surface area (Å²) in [4.78, 5) is -0.0868. The molecule has 0 amide bonds. The van der Waals surface area contributed by atoms with Crippen LogP contribution in [-0.2, 0) is 10.0 Å². The minimum atomic E-state index is -3.72. The summed E-state index contributed by atoms with van der Waals surface area (Å²) in [5.41, 5.74) is 5.54. The summed E-state index contributed by atoms with van der Waals surface area (Å²) in [5.74, 6) is 0. The van der Waals surface area contributed by atoms with Crippen molar-refractivity contribution in [2.45, 2.75) is 29.7 Å². The molecule has 1 aromatic rings. The molecular weight excluding hydrogens is 295 g/mol. The Balaban J connectivity index is 2.20. The monoisotopic (exact) mass is 308 g/mol. The van der Waals surface area contributed by atoms with Crippen molar-refractivity contribution in [3.05, 3.63) is 28.2 Å². The van der Waals surface area contributed by atoms with Crippen molar-refractivity contribution in [2.24, 2.45) is 5.73 Å². The lowest BCUT2D eigenvalue weighted by molar-refractivity contribution is 0.251. The van der Waals surface area contributed by atoms with Crippen LogP contribution in [0.3, 0.4) is 0 Å². The Bertz CT molecular complexity index is 536. The third kappa shape index (κ3) is 2.81. The smallest absolute Gasteiger partial charge is 0.243 e. The number of halogens is 2. The first-order valence-corrected chi connectivity index (χ1v) is 7.81. The summed E-state index contributed by atoms with van der Waals surface area (Å²) >= 11 is 11.8. The molecule has 18 heavy (non-hydrogen) atoms. The van der Waals surface area contributed by atoms with E-state index in [2.05, 4.69) is 4.72 Å². The molecule has 3 N–H and O–H groups in total. The molecule has 1 aliphatic rings. The van der Waals surface area contributed by atoms with Crippen molar-refractivity contribution < 1.29 is 8.42 Å². The van der Waals surface area contributed by atoms with Crippen LogP contribution in [0.15, 0.2) is 23.1 Å². The number of nitrogens with two attached hydrogens (primary N) is 1. The SMILES string of the molecule is NC1(CNS(=O)(=O)c2c(Cl)cccc2Cl)CCC1. The van der Waals surface area contributed by atoms with Crippen LogP contribution in [0.25, 0.3) is 0 Å². The van der Waals surface area contributed by atoms with Crippen molar-refractivity contribution in [3.8, 4) is 0 Å². The molecule has 0 saturated heterocycles. The van der Waals surface area contributed by atoms with Gasteiger partial charge in [-0.15, -0.1) is 0 Å². The summed E-state index contributed by atoms with van der Waals surface area (Å²) in [5, 5.41) is 0.212. The van der Waals surface area contributed by atoms with Gasteiger partial charge in [0, 0.05) is 12.1 Å². The number of sulfonamides is 1. The number of hydrogen-bond donors (Lipinski definition) is 2. The van der Waals surface area contributed by atoms with E-state index in [1.165, 1.54) is 12.1 Å². The molecule has 0 atom stereocenters. The molecule has 0 radical (unpaired) electrons. The normalized spacial score (nSPS) is 18.4. The van der Waals surface area contributed by atoms with Gasteiger partial charge in [-0.1, -0.05) is 29.3 Å². The summed E-state index contributed by atoms with van der Waals surface area (Å²) in [6.07, 6.45) is 2.68. The predicted molar refractivity (Wildman–Crippen MR) is 72.4 cm³/mol. The minimum absolute atomic E-state index is 0.0868. The molecule has 0 aliphatic heterocycles. The van der Waals surface area contributed by atoms with Crippen molar-refractivity contribution in [1.29, 1.82) is 0 Å². The average Bonchev–Trinajstić information content (AvgIpc) is 2.23. The van der Waals surface area contributed by atoms with E-state index in [1.807, 2.05) is 0 Å². The number of hydrogen-bond acceptors (Lipinski definition) is 3. The fourth-order valence-corrected chi connectivity index (χ4v) is 4.14. The van der Waals surface area contributed by atoms with E-state index in [0.29, 0.717) is 0 Å². The molecule has 0 heterocycles. The zero-order valence-electron chi connectivity index (χ0n) is 9.62. The molecule has 0 spiro atoms. The van der Waals surface area contributed by atoms with Crippen molar-refractivity contribution in [3.63, 3.8) is 0 Å². The summed E-state index contributed by atoms with van der Waals surface area (Å²) in [6, 6.07) is 4.58. The Hall–Kier alpha value is -0.330. The number of benzene rings is 1. The average molecular weight is 309 g/mol. The van der Waals surface area contributed by atoms with E-state index < -0.39 is 15.6 Å². The van der Waals surface area contributed by atoms with Crippen LogP contribution in [0.2, 0.25) is 10.0 Å². The Labute approximate surface area is 117 Å². The van der Waals surface area contributed by atoms with E-state index >= 15 is 0 Å². The van der Waals surface area contributed by atoms with Gasteiger partial charge in [0.1, 0.15) is 4.90 Å². The van der Waals surface area contributed by atoms with Crippen LogP contribution in [0.5, 0.6) is 0 Å². The molecule has 0 unspecified atom stereocenters. The lowest BCUT2D eigenvalue weighted by atomic mass is 9.78. The van der Waals surface area contributed by atoms with Gasteiger partial charge in [0.15, 0.2) is 0 Å². The second kappa shape index (κ2) is 4.98. The Morgan fingerprint density at radius 1 is 1.28 bits per heavy atom. The highest BCUT2D eigenvalue weighted by atomic mass is 35.5. The first-order chi connectivity index (χ1) is 8.34. The molecule has 1 fully saturated rings. The molecule has 7 heteroatoms. The zero-order chi connectivity index (χ0) is 13.4. The maximum atomic E-state index is 12.1. The summed E-state index contributed by atoms with van der Waals surface area (Å²) in [6.45, 7) is 0.205. The number of nitrogens with one attached hydrogen (secondary N) is 1. The van der Waals surface area contributed by atoms with Crippen LogP contribution >= 0.6 is 23.2 Å². The van der Waals surface area contributed by atoms with Crippen LogP contribution in [0, 0.1) is 0 Å². The molecule has 0 aromatic heterocycles. The molecule has 4 nitrogen and oxygen atoms in total. The van der Waals surface area contributed by atoms with Gasteiger partial charge in [0.25, 0.3) is 0 Å². The minimum Gasteiger partial charge on any atom is -0.324 e. The van der Waals surface area contributed by atoms with Crippen LogP contribution in [0.1, 0.15) is 19.3 Å². The van der Waals surface area contributed by atoms with Crippen molar-refractivity contribution in [1.82, 2.24) is 4.72 Å². The van der Waals surface area contributed by atoms with E-state index in [1.54, 1.807) is 6.07 Å². The molecule has 2 rings (SSSR count). The fraction of sp³-hybridized carbons (Fsp3) is 0.455. The van der Waals surface area contributed by atoms with Crippen molar-refractivity contribution in [2.75, 3.05) is 6.54 Å². The highest BCUT2D eigenvalue weighted by molar-refractivity contribution is 7.89. The predicted octanol–water partition coefficient (Wildman–Crippen LogP) is 2.15. The van der Waals surface area contributed by atoms with Gasteiger partial charge in [0.05, 0.1) is 10.0 Å². The van der Waals surface area contributed by atoms with E-state index in [9.17, 15) is 8.42 Å². The zero-order valence-corrected chi connectivity index (χ0v) is 11.9. The first-order valence-electron chi connectivity index (χ1n) is 5.57. The maximum Gasteiger partial charge on any atom is 0.243 e. The van der Waals surface area contributed by atoms with Gasteiger partial charge in [-0.25, -0.2) is 13.1 Å².